The lowest BCUT2D eigenvalue weighted by Gasteiger charge is -2.22. The third-order valence-electron chi connectivity index (χ3n) is 4.13. The zero-order valence-electron chi connectivity index (χ0n) is 12.0. The van der Waals surface area contributed by atoms with Crippen LogP contribution in [-0.2, 0) is 22.8 Å². The maximum Gasteiger partial charge on any atom is 0.151 e. The minimum absolute atomic E-state index is 0.0160. The molecule has 1 fully saturated rings. The monoisotopic (exact) mass is 295 g/mol. The lowest BCUT2D eigenvalue weighted by Crippen LogP contribution is -2.28. The Labute approximate surface area is 120 Å². The molecule has 0 radical (unpaired) electrons. The molecule has 5 nitrogen and oxygen atoms in total. The van der Waals surface area contributed by atoms with Crippen LogP contribution in [0.2, 0.25) is 0 Å². The molecule has 1 unspecified atom stereocenters. The van der Waals surface area contributed by atoms with Crippen molar-refractivity contribution in [2.45, 2.75) is 45.1 Å². The topological polar surface area (TPSA) is 72.0 Å². The SMILES string of the molecule is CC(C)c1nc(C2CCS(=O)(=O)C2)nc2c1CNCC2. The second-order valence-electron chi connectivity index (χ2n) is 6.07. The fourth-order valence-corrected chi connectivity index (χ4v) is 4.79. The summed E-state index contributed by atoms with van der Waals surface area (Å²) in [6, 6.07) is 0. The molecule has 110 valence electrons. The number of fused-ring (bicyclic) bond motifs is 1. The number of sulfone groups is 1. The zero-order chi connectivity index (χ0) is 14.3. The molecule has 0 aromatic carbocycles. The molecule has 1 aromatic heterocycles. The lowest BCUT2D eigenvalue weighted by molar-refractivity contribution is 0.586. The van der Waals surface area contributed by atoms with Gasteiger partial charge in [0.15, 0.2) is 9.84 Å². The molecule has 1 aromatic rings. The fraction of sp³-hybridized carbons (Fsp3) is 0.714. The van der Waals surface area contributed by atoms with Crippen LogP contribution < -0.4 is 5.32 Å². The Morgan fingerprint density at radius 3 is 2.75 bits per heavy atom. The minimum atomic E-state index is -2.89. The van der Waals surface area contributed by atoms with Gasteiger partial charge in [0.1, 0.15) is 5.82 Å². The maximum absolute atomic E-state index is 11.7. The average molecular weight is 295 g/mol. The van der Waals surface area contributed by atoms with E-state index in [1.165, 1.54) is 5.56 Å². The summed E-state index contributed by atoms with van der Waals surface area (Å²) in [4.78, 5) is 9.41. The summed E-state index contributed by atoms with van der Waals surface area (Å²) in [5.74, 6) is 1.55. The van der Waals surface area contributed by atoms with Gasteiger partial charge in [-0.3, -0.25) is 0 Å². The molecule has 2 aliphatic rings. The Balaban J connectivity index is 2.02. The van der Waals surface area contributed by atoms with Crippen molar-refractivity contribution in [3.63, 3.8) is 0 Å². The third-order valence-corrected chi connectivity index (χ3v) is 5.89. The van der Waals surface area contributed by atoms with Crippen LogP contribution >= 0.6 is 0 Å². The van der Waals surface area contributed by atoms with Gasteiger partial charge in [-0.2, -0.15) is 0 Å². The van der Waals surface area contributed by atoms with Crippen LogP contribution in [-0.4, -0.2) is 36.4 Å². The first-order valence-corrected chi connectivity index (χ1v) is 9.09. The normalized spacial score (nSPS) is 24.9. The van der Waals surface area contributed by atoms with Crippen LogP contribution in [0.25, 0.3) is 0 Å². The molecule has 3 rings (SSSR count). The van der Waals surface area contributed by atoms with E-state index in [0.29, 0.717) is 12.3 Å². The summed E-state index contributed by atoms with van der Waals surface area (Å²) in [6.07, 6.45) is 1.57. The molecular formula is C14H21N3O2S. The predicted molar refractivity (Wildman–Crippen MR) is 77.5 cm³/mol. The molecule has 0 aliphatic carbocycles. The van der Waals surface area contributed by atoms with E-state index in [0.717, 1.165) is 36.7 Å². The molecular weight excluding hydrogens is 274 g/mol. The van der Waals surface area contributed by atoms with Gasteiger partial charge in [0.05, 0.1) is 22.9 Å². The highest BCUT2D eigenvalue weighted by atomic mass is 32.2. The number of aromatic nitrogens is 2. The van der Waals surface area contributed by atoms with Crippen LogP contribution in [0, 0.1) is 0 Å². The molecule has 1 atom stereocenters. The van der Waals surface area contributed by atoms with E-state index in [1.807, 2.05) is 0 Å². The van der Waals surface area contributed by atoms with Gasteiger partial charge in [-0.05, 0) is 12.3 Å². The Morgan fingerprint density at radius 2 is 2.10 bits per heavy atom. The minimum Gasteiger partial charge on any atom is -0.312 e. The van der Waals surface area contributed by atoms with Gasteiger partial charge in [0, 0.05) is 31.0 Å². The molecule has 20 heavy (non-hydrogen) atoms. The van der Waals surface area contributed by atoms with Gasteiger partial charge in [-0.25, -0.2) is 18.4 Å². The second-order valence-corrected chi connectivity index (χ2v) is 8.30. The number of nitrogens with zero attached hydrogens (tertiary/aromatic N) is 2. The molecule has 3 heterocycles. The van der Waals surface area contributed by atoms with Gasteiger partial charge in [0.2, 0.25) is 0 Å². The standard InChI is InChI=1S/C14H21N3O2S/c1-9(2)13-11-7-15-5-3-12(11)16-14(17-13)10-4-6-20(18,19)8-10/h9-10,15H,3-8H2,1-2H3. The van der Waals surface area contributed by atoms with E-state index < -0.39 is 9.84 Å². The Bertz CT molecular complexity index is 626. The van der Waals surface area contributed by atoms with Crippen molar-refractivity contribution < 1.29 is 8.42 Å². The first-order valence-electron chi connectivity index (χ1n) is 7.27. The van der Waals surface area contributed by atoms with Gasteiger partial charge < -0.3 is 5.32 Å². The van der Waals surface area contributed by atoms with Crippen molar-refractivity contribution in [1.29, 1.82) is 0 Å². The van der Waals surface area contributed by atoms with E-state index in [1.54, 1.807) is 0 Å². The highest BCUT2D eigenvalue weighted by molar-refractivity contribution is 7.91. The molecule has 0 saturated carbocycles. The Hall–Kier alpha value is -1.01. The summed E-state index contributed by atoms with van der Waals surface area (Å²) < 4.78 is 23.3. The van der Waals surface area contributed by atoms with Crippen molar-refractivity contribution >= 4 is 9.84 Å². The maximum atomic E-state index is 11.7. The highest BCUT2D eigenvalue weighted by Gasteiger charge is 2.32. The summed E-state index contributed by atoms with van der Waals surface area (Å²) in [7, 11) is -2.89. The van der Waals surface area contributed by atoms with Gasteiger partial charge in [-0.1, -0.05) is 13.8 Å². The molecule has 2 aliphatic heterocycles. The van der Waals surface area contributed by atoms with Crippen molar-refractivity contribution in [3.8, 4) is 0 Å². The largest absolute Gasteiger partial charge is 0.312 e. The third kappa shape index (κ3) is 2.59. The Morgan fingerprint density at radius 1 is 1.30 bits per heavy atom. The van der Waals surface area contributed by atoms with Crippen LogP contribution in [0.4, 0.5) is 0 Å². The molecule has 1 saturated heterocycles. The fourth-order valence-electron chi connectivity index (χ4n) is 3.05. The van der Waals surface area contributed by atoms with Crippen molar-refractivity contribution in [2.75, 3.05) is 18.1 Å². The molecule has 6 heteroatoms. The number of hydrogen-bond donors (Lipinski definition) is 1. The van der Waals surface area contributed by atoms with Crippen LogP contribution in [0.1, 0.15) is 54.9 Å². The van der Waals surface area contributed by atoms with Crippen molar-refractivity contribution in [3.05, 3.63) is 22.8 Å². The number of nitrogens with one attached hydrogen (secondary N) is 1. The molecule has 0 amide bonds. The van der Waals surface area contributed by atoms with Crippen LogP contribution in [0.5, 0.6) is 0 Å². The summed E-state index contributed by atoms with van der Waals surface area (Å²) in [6.45, 7) is 6.02. The van der Waals surface area contributed by atoms with E-state index in [9.17, 15) is 8.42 Å². The predicted octanol–water partition coefficient (Wildman–Crippen LogP) is 1.15. The van der Waals surface area contributed by atoms with Gasteiger partial charge in [-0.15, -0.1) is 0 Å². The molecule has 0 bridgehead atoms. The Kier molecular flexibility index (Phi) is 3.54. The smallest absolute Gasteiger partial charge is 0.151 e. The quantitative estimate of drug-likeness (QED) is 0.886. The van der Waals surface area contributed by atoms with Gasteiger partial charge >= 0.3 is 0 Å². The first kappa shape index (κ1) is 13.9. The number of hydrogen-bond acceptors (Lipinski definition) is 5. The molecule has 0 spiro atoms. The summed E-state index contributed by atoms with van der Waals surface area (Å²) in [5.41, 5.74) is 3.42. The van der Waals surface area contributed by atoms with E-state index >= 15 is 0 Å². The molecule has 1 N–H and O–H groups in total. The average Bonchev–Trinajstić information content (AvgIpc) is 2.77. The second kappa shape index (κ2) is 5.07. The summed E-state index contributed by atoms with van der Waals surface area (Å²) >= 11 is 0. The van der Waals surface area contributed by atoms with Crippen LogP contribution in [0.3, 0.4) is 0 Å². The first-order chi connectivity index (χ1) is 9.46. The van der Waals surface area contributed by atoms with E-state index in [4.69, 9.17) is 4.98 Å². The van der Waals surface area contributed by atoms with Gasteiger partial charge in [0.25, 0.3) is 0 Å². The van der Waals surface area contributed by atoms with E-state index in [2.05, 4.69) is 24.1 Å². The van der Waals surface area contributed by atoms with E-state index in [-0.39, 0.29) is 17.4 Å². The van der Waals surface area contributed by atoms with Crippen molar-refractivity contribution in [1.82, 2.24) is 15.3 Å². The lowest BCUT2D eigenvalue weighted by atomic mass is 9.97. The highest BCUT2D eigenvalue weighted by Crippen LogP contribution is 2.30. The zero-order valence-corrected chi connectivity index (χ0v) is 12.8. The van der Waals surface area contributed by atoms with Crippen molar-refractivity contribution in [2.24, 2.45) is 0 Å². The summed E-state index contributed by atoms with van der Waals surface area (Å²) in [5, 5.41) is 3.36. The number of rotatable bonds is 2. The van der Waals surface area contributed by atoms with Crippen LogP contribution in [0.15, 0.2) is 0 Å².